The number of piperidine rings is 1. The number of allylic oxidation sites excluding steroid dienone is 1. The number of aromatic amines is 1. The molecule has 3 aromatic rings. The van der Waals surface area contributed by atoms with Gasteiger partial charge in [0.15, 0.2) is 0 Å². The van der Waals surface area contributed by atoms with Crippen molar-refractivity contribution >= 4 is 28.9 Å². The molecule has 0 unspecified atom stereocenters. The van der Waals surface area contributed by atoms with Gasteiger partial charge in [-0.3, -0.25) is 14.9 Å². The summed E-state index contributed by atoms with van der Waals surface area (Å²) in [5, 5.41) is 3.24. The monoisotopic (exact) mass is 373 g/mol. The molecular formula is C21H23N7. The van der Waals surface area contributed by atoms with Gasteiger partial charge in [0.1, 0.15) is 5.82 Å². The number of nitrogens with one attached hydrogen (secondary N) is 2. The average Bonchev–Trinajstić information content (AvgIpc) is 3.23. The van der Waals surface area contributed by atoms with Crippen LogP contribution in [0.15, 0.2) is 53.5 Å². The molecule has 0 spiro atoms. The lowest BCUT2D eigenvalue weighted by molar-refractivity contribution is 0.191. The molecule has 0 amide bonds. The van der Waals surface area contributed by atoms with Gasteiger partial charge in [0.05, 0.1) is 23.1 Å². The number of aliphatic imine (C=N–C) groups is 1. The summed E-state index contributed by atoms with van der Waals surface area (Å²) in [5.74, 6) is 1.25. The highest BCUT2D eigenvalue weighted by atomic mass is 15.1. The largest absolute Gasteiger partial charge is 0.400 e. The second kappa shape index (κ2) is 7.09. The molecule has 2 aliphatic rings. The van der Waals surface area contributed by atoms with E-state index < -0.39 is 0 Å². The maximum atomic E-state index is 6.57. The maximum absolute atomic E-state index is 6.57. The van der Waals surface area contributed by atoms with Crippen LogP contribution in [0.3, 0.4) is 0 Å². The van der Waals surface area contributed by atoms with E-state index in [0.29, 0.717) is 5.92 Å². The van der Waals surface area contributed by atoms with E-state index in [1.807, 2.05) is 12.3 Å². The van der Waals surface area contributed by atoms with Gasteiger partial charge in [0, 0.05) is 42.3 Å². The molecule has 7 heteroatoms. The van der Waals surface area contributed by atoms with Gasteiger partial charge >= 0.3 is 0 Å². The summed E-state index contributed by atoms with van der Waals surface area (Å²) in [6, 6.07) is 8.37. The minimum atomic E-state index is 0.385. The highest BCUT2D eigenvalue weighted by molar-refractivity contribution is 5.87. The number of nitrogens with two attached hydrogens (primary N) is 1. The Morgan fingerprint density at radius 3 is 2.79 bits per heavy atom. The molecule has 1 aromatic carbocycles. The van der Waals surface area contributed by atoms with E-state index in [1.165, 1.54) is 5.56 Å². The molecule has 0 saturated carbocycles. The third-order valence-electron chi connectivity index (χ3n) is 5.65. The molecule has 28 heavy (non-hydrogen) atoms. The summed E-state index contributed by atoms with van der Waals surface area (Å²) in [7, 11) is 0. The lowest BCUT2D eigenvalue weighted by Gasteiger charge is -2.33. The highest BCUT2D eigenvalue weighted by Gasteiger charge is 2.25. The zero-order valence-electron chi connectivity index (χ0n) is 15.6. The third-order valence-corrected chi connectivity index (χ3v) is 5.65. The molecule has 0 aliphatic carbocycles. The Morgan fingerprint density at radius 1 is 1.11 bits per heavy atom. The summed E-state index contributed by atoms with van der Waals surface area (Å²) >= 11 is 0. The van der Waals surface area contributed by atoms with Crippen molar-refractivity contribution in [3.05, 3.63) is 59.7 Å². The number of rotatable bonds is 3. The number of hydrogen-bond acceptors (Lipinski definition) is 6. The van der Waals surface area contributed by atoms with E-state index >= 15 is 0 Å². The predicted molar refractivity (Wildman–Crippen MR) is 111 cm³/mol. The number of hydrogen-bond donors (Lipinski definition) is 3. The SMILES string of the molecule is N/C(=C1\NC=Nc2[nH]ccc21)C1CCN(Cc2ccc3nccnc3c2)CC1. The van der Waals surface area contributed by atoms with Crippen molar-refractivity contribution in [3.8, 4) is 0 Å². The second-order valence-corrected chi connectivity index (χ2v) is 7.40. The number of fused-ring (bicyclic) bond motifs is 2. The van der Waals surface area contributed by atoms with Crippen LogP contribution in [0.1, 0.15) is 24.0 Å². The Bertz CT molecular complexity index is 1060. The minimum Gasteiger partial charge on any atom is -0.400 e. The third kappa shape index (κ3) is 3.14. The fourth-order valence-corrected chi connectivity index (χ4v) is 4.12. The van der Waals surface area contributed by atoms with Crippen molar-refractivity contribution < 1.29 is 0 Å². The first kappa shape index (κ1) is 16.9. The zero-order chi connectivity index (χ0) is 18.9. The van der Waals surface area contributed by atoms with E-state index in [4.69, 9.17) is 5.73 Å². The van der Waals surface area contributed by atoms with Crippen molar-refractivity contribution in [1.29, 1.82) is 0 Å². The van der Waals surface area contributed by atoms with Crippen LogP contribution in [-0.2, 0) is 6.54 Å². The average molecular weight is 373 g/mol. The molecule has 0 radical (unpaired) electrons. The number of nitrogens with zero attached hydrogens (tertiary/aromatic N) is 4. The summed E-state index contributed by atoms with van der Waals surface area (Å²) in [5.41, 5.74) is 12.7. The molecule has 4 N–H and O–H groups in total. The first-order chi connectivity index (χ1) is 13.8. The Hall–Kier alpha value is -3.19. The van der Waals surface area contributed by atoms with Crippen LogP contribution in [0.2, 0.25) is 0 Å². The van der Waals surface area contributed by atoms with Gasteiger partial charge in [-0.1, -0.05) is 6.07 Å². The molecule has 5 rings (SSSR count). The molecule has 0 atom stereocenters. The van der Waals surface area contributed by atoms with Gasteiger partial charge in [-0.05, 0) is 49.7 Å². The van der Waals surface area contributed by atoms with E-state index in [9.17, 15) is 0 Å². The lowest BCUT2D eigenvalue weighted by atomic mass is 9.91. The fraction of sp³-hybridized carbons (Fsp3) is 0.286. The number of H-pyrrole nitrogens is 1. The minimum absolute atomic E-state index is 0.385. The van der Waals surface area contributed by atoms with E-state index in [0.717, 1.165) is 66.3 Å². The first-order valence-corrected chi connectivity index (χ1v) is 9.66. The van der Waals surface area contributed by atoms with Crippen LogP contribution in [0, 0.1) is 5.92 Å². The summed E-state index contributed by atoms with van der Waals surface area (Å²) in [6.45, 7) is 3.00. The van der Waals surface area contributed by atoms with Gasteiger partial charge in [-0.15, -0.1) is 0 Å². The Labute approximate surface area is 163 Å². The predicted octanol–water partition coefficient (Wildman–Crippen LogP) is 2.76. The summed E-state index contributed by atoms with van der Waals surface area (Å²) < 4.78 is 0. The maximum Gasteiger partial charge on any atom is 0.141 e. The Balaban J connectivity index is 1.26. The molecule has 7 nitrogen and oxygen atoms in total. The van der Waals surface area contributed by atoms with Crippen LogP contribution in [0.25, 0.3) is 16.7 Å². The standard InChI is InChI=1S/C21H23N7/c22-19(20-16-3-6-25-21(16)27-13-26-20)15-4-9-28(10-5-15)12-14-1-2-17-18(11-14)24-8-7-23-17/h1-3,6-8,11,13,15,25H,4-5,9-10,12,22H2,(H,26,27)/b20-19-. The number of benzene rings is 1. The molecule has 1 fully saturated rings. The number of aromatic nitrogens is 3. The van der Waals surface area contributed by atoms with Crippen molar-refractivity contribution in [2.75, 3.05) is 13.1 Å². The summed E-state index contributed by atoms with van der Waals surface area (Å²) in [6.07, 6.45) is 9.20. The van der Waals surface area contributed by atoms with Crippen LogP contribution in [0.5, 0.6) is 0 Å². The quantitative estimate of drug-likeness (QED) is 0.656. The van der Waals surface area contributed by atoms with Crippen LogP contribution < -0.4 is 11.1 Å². The highest BCUT2D eigenvalue weighted by Crippen LogP contribution is 2.32. The van der Waals surface area contributed by atoms with Crippen LogP contribution >= 0.6 is 0 Å². The smallest absolute Gasteiger partial charge is 0.141 e. The molecule has 2 aromatic heterocycles. The molecule has 142 valence electrons. The van der Waals surface area contributed by atoms with Gasteiger partial charge in [0.2, 0.25) is 0 Å². The zero-order valence-corrected chi connectivity index (χ0v) is 15.6. The normalized spacial score (nSPS) is 19.4. The molecule has 0 bridgehead atoms. The number of likely N-dealkylation sites (tertiary alicyclic amines) is 1. The van der Waals surface area contributed by atoms with E-state index in [-0.39, 0.29) is 0 Å². The first-order valence-electron chi connectivity index (χ1n) is 9.66. The molecule has 2 aliphatic heterocycles. The van der Waals surface area contributed by atoms with Gasteiger partial charge in [0.25, 0.3) is 0 Å². The molecule has 4 heterocycles. The van der Waals surface area contributed by atoms with Gasteiger partial charge in [-0.2, -0.15) is 0 Å². The lowest BCUT2D eigenvalue weighted by Crippen LogP contribution is -2.36. The Morgan fingerprint density at radius 2 is 1.93 bits per heavy atom. The van der Waals surface area contributed by atoms with Crippen LogP contribution in [0.4, 0.5) is 5.82 Å². The van der Waals surface area contributed by atoms with E-state index in [2.05, 4.69) is 48.4 Å². The molecule has 1 saturated heterocycles. The Kier molecular flexibility index (Phi) is 4.29. The van der Waals surface area contributed by atoms with Crippen molar-refractivity contribution in [2.24, 2.45) is 16.6 Å². The second-order valence-electron chi connectivity index (χ2n) is 7.40. The molecular weight excluding hydrogens is 350 g/mol. The van der Waals surface area contributed by atoms with Gasteiger partial charge in [-0.25, -0.2) is 4.99 Å². The van der Waals surface area contributed by atoms with Crippen LogP contribution in [-0.4, -0.2) is 39.3 Å². The van der Waals surface area contributed by atoms with Crippen molar-refractivity contribution in [1.82, 2.24) is 25.2 Å². The van der Waals surface area contributed by atoms with E-state index in [1.54, 1.807) is 18.7 Å². The topological polar surface area (TPSA) is 95.2 Å². The van der Waals surface area contributed by atoms with Crippen molar-refractivity contribution in [3.63, 3.8) is 0 Å². The fourth-order valence-electron chi connectivity index (χ4n) is 4.12. The summed E-state index contributed by atoms with van der Waals surface area (Å²) in [4.78, 5) is 18.7. The van der Waals surface area contributed by atoms with Gasteiger partial charge < -0.3 is 16.0 Å². The van der Waals surface area contributed by atoms with Crippen molar-refractivity contribution in [2.45, 2.75) is 19.4 Å².